The lowest BCUT2D eigenvalue weighted by molar-refractivity contribution is -0.133. The predicted molar refractivity (Wildman–Crippen MR) is 103 cm³/mol. The highest BCUT2D eigenvalue weighted by Crippen LogP contribution is 2.30. The van der Waals surface area contributed by atoms with Gasteiger partial charge < -0.3 is 10.2 Å². The lowest BCUT2D eigenvalue weighted by Gasteiger charge is -2.43. The van der Waals surface area contributed by atoms with Crippen molar-refractivity contribution in [3.63, 3.8) is 0 Å². The average Bonchev–Trinajstić information content (AvgIpc) is 2.97. The van der Waals surface area contributed by atoms with Crippen molar-refractivity contribution in [3.05, 3.63) is 17.5 Å². The fourth-order valence-electron chi connectivity index (χ4n) is 3.65. The minimum absolute atomic E-state index is 0.0500. The molecule has 1 fully saturated rings. The van der Waals surface area contributed by atoms with E-state index in [-0.39, 0.29) is 17.4 Å². The van der Waals surface area contributed by atoms with Crippen LogP contribution in [0.3, 0.4) is 0 Å². The quantitative estimate of drug-likeness (QED) is 0.818. The molecular weight excluding hydrogens is 328 g/mol. The summed E-state index contributed by atoms with van der Waals surface area (Å²) in [5.74, 6) is -0.199. The first-order chi connectivity index (χ1) is 12.1. The van der Waals surface area contributed by atoms with Crippen LogP contribution in [-0.2, 0) is 10.3 Å². The Labute approximate surface area is 157 Å². The second-order valence-corrected chi connectivity index (χ2v) is 8.55. The first-order valence-electron chi connectivity index (χ1n) is 9.78. The van der Waals surface area contributed by atoms with Gasteiger partial charge in [0.1, 0.15) is 5.54 Å². The van der Waals surface area contributed by atoms with Gasteiger partial charge in [-0.1, -0.05) is 13.3 Å². The number of carbonyl (C=O) groups is 2. The van der Waals surface area contributed by atoms with E-state index in [1.807, 2.05) is 24.6 Å². The summed E-state index contributed by atoms with van der Waals surface area (Å²) in [5, 5.41) is 7.56. The van der Waals surface area contributed by atoms with Crippen molar-refractivity contribution in [2.24, 2.45) is 0 Å². The van der Waals surface area contributed by atoms with Crippen molar-refractivity contribution in [3.8, 4) is 0 Å². The molecule has 1 aromatic heterocycles. The predicted octanol–water partition coefficient (Wildman–Crippen LogP) is 3.25. The number of rotatable bonds is 5. The van der Waals surface area contributed by atoms with E-state index in [4.69, 9.17) is 0 Å². The SMILES string of the molecule is CCCCNC(=O)C1(C)CCCCN1C(=O)c1cc(C)n(C(C)(C)C)n1. The van der Waals surface area contributed by atoms with Crippen LogP contribution in [0.1, 0.15) is 82.9 Å². The van der Waals surface area contributed by atoms with Crippen molar-refractivity contribution in [2.45, 2.75) is 84.7 Å². The Morgan fingerprint density at radius 2 is 2.00 bits per heavy atom. The molecule has 6 nitrogen and oxygen atoms in total. The monoisotopic (exact) mass is 362 g/mol. The van der Waals surface area contributed by atoms with Gasteiger partial charge in [-0.05, 0) is 66.4 Å². The lowest BCUT2D eigenvalue weighted by atomic mass is 9.87. The largest absolute Gasteiger partial charge is 0.354 e. The summed E-state index contributed by atoms with van der Waals surface area (Å²) in [4.78, 5) is 27.8. The number of nitrogens with one attached hydrogen (secondary N) is 1. The van der Waals surface area contributed by atoms with Crippen LogP contribution < -0.4 is 5.32 Å². The molecule has 6 heteroatoms. The number of hydrogen-bond donors (Lipinski definition) is 1. The molecule has 0 bridgehead atoms. The average molecular weight is 363 g/mol. The Balaban J connectivity index is 2.26. The van der Waals surface area contributed by atoms with Gasteiger partial charge in [0, 0.05) is 18.8 Å². The number of amides is 2. The zero-order chi connectivity index (χ0) is 19.5. The number of aromatic nitrogens is 2. The molecule has 0 saturated carbocycles. The summed E-state index contributed by atoms with van der Waals surface area (Å²) < 4.78 is 1.88. The molecule has 2 amide bonds. The van der Waals surface area contributed by atoms with Crippen molar-refractivity contribution in [2.75, 3.05) is 13.1 Å². The maximum atomic E-state index is 13.2. The number of hydrogen-bond acceptors (Lipinski definition) is 3. The molecule has 0 aromatic carbocycles. The van der Waals surface area contributed by atoms with E-state index in [2.05, 4.69) is 38.1 Å². The number of carbonyl (C=O) groups excluding carboxylic acids is 2. The van der Waals surface area contributed by atoms with Crippen molar-refractivity contribution >= 4 is 11.8 Å². The highest BCUT2D eigenvalue weighted by Gasteiger charge is 2.44. The molecule has 26 heavy (non-hydrogen) atoms. The maximum Gasteiger partial charge on any atom is 0.275 e. The first-order valence-corrected chi connectivity index (χ1v) is 9.78. The third-order valence-corrected chi connectivity index (χ3v) is 5.18. The first kappa shape index (κ1) is 20.5. The van der Waals surface area contributed by atoms with Gasteiger partial charge in [0.25, 0.3) is 5.91 Å². The minimum atomic E-state index is -0.803. The van der Waals surface area contributed by atoms with Crippen LogP contribution in [0.4, 0.5) is 0 Å². The van der Waals surface area contributed by atoms with Crippen LogP contribution in [0.25, 0.3) is 0 Å². The molecule has 2 rings (SSSR count). The van der Waals surface area contributed by atoms with Crippen molar-refractivity contribution in [1.82, 2.24) is 20.0 Å². The fraction of sp³-hybridized carbons (Fsp3) is 0.750. The van der Waals surface area contributed by atoms with Crippen molar-refractivity contribution in [1.29, 1.82) is 0 Å². The molecule has 1 saturated heterocycles. The molecule has 0 radical (unpaired) electrons. The van der Waals surface area contributed by atoms with Gasteiger partial charge in [-0.15, -0.1) is 0 Å². The molecule has 1 aliphatic heterocycles. The van der Waals surface area contributed by atoms with Gasteiger partial charge in [0.2, 0.25) is 5.91 Å². The maximum absolute atomic E-state index is 13.2. The van der Waals surface area contributed by atoms with E-state index < -0.39 is 5.54 Å². The van der Waals surface area contributed by atoms with E-state index in [1.54, 1.807) is 4.90 Å². The fourth-order valence-corrected chi connectivity index (χ4v) is 3.65. The highest BCUT2D eigenvalue weighted by molar-refractivity contribution is 5.98. The summed E-state index contributed by atoms with van der Waals surface area (Å²) in [5.41, 5.74) is 0.382. The van der Waals surface area contributed by atoms with Crippen LogP contribution in [0.5, 0.6) is 0 Å². The topological polar surface area (TPSA) is 67.2 Å². The van der Waals surface area contributed by atoms with E-state index in [9.17, 15) is 9.59 Å². The highest BCUT2D eigenvalue weighted by atomic mass is 16.2. The van der Waals surface area contributed by atoms with Gasteiger partial charge in [-0.2, -0.15) is 5.10 Å². The number of nitrogens with zero attached hydrogens (tertiary/aromatic N) is 3. The molecule has 2 heterocycles. The van der Waals surface area contributed by atoms with Crippen LogP contribution in [0.2, 0.25) is 0 Å². The molecular formula is C20H34N4O2. The Morgan fingerprint density at radius 3 is 2.58 bits per heavy atom. The van der Waals surface area contributed by atoms with E-state index >= 15 is 0 Å². The Bertz CT molecular complexity index is 659. The molecule has 1 N–H and O–H groups in total. The van der Waals surface area contributed by atoms with Gasteiger partial charge in [-0.3, -0.25) is 14.3 Å². The minimum Gasteiger partial charge on any atom is -0.354 e. The molecule has 146 valence electrons. The van der Waals surface area contributed by atoms with E-state index in [0.717, 1.165) is 31.4 Å². The third kappa shape index (κ3) is 4.10. The normalized spacial score (nSPS) is 20.9. The van der Waals surface area contributed by atoms with Gasteiger partial charge in [0.05, 0.1) is 5.54 Å². The number of unbranched alkanes of at least 4 members (excludes halogenated alkanes) is 1. The Hall–Kier alpha value is -1.85. The van der Waals surface area contributed by atoms with Gasteiger partial charge in [-0.25, -0.2) is 0 Å². The van der Waals surface area contributed by atoms with Crippen molar-refractivity contribution < 1.29 is 9.59 Å². The van der Waals surface area contributed by atoms with Crippen LogP contribution in [0, 0.1) is 6.92 Å². The zero-order valence-corrected chi connectivity index (χ0v) is 17.2. The number of likely N-dealkylation sites (tertiary alicyclic amines) is 1. The Morgan fingerprint density at radius 1 is 1.31 bits per heavy atom. The smallest absolute Gasteiger partial charge is 0.275 e. The summed E-state index contributed by atoms with van der Waals surface area (Å²) >= 11 is 0. The van der Waals surface area contributed by atoms with E-state index in [1.165, 1.54) is 0 Å². The summed E-state index contributed by atoms with van der Waals surface area (Å²) in [6, 6.07) is 1.83. The Kier molecular flexibility index (Phi) is 6.14. The standard InChI is InChI=1S/C20H34N4O2/c1-7-8-12-21-18(26)20(6)11-9-10-13-23(20)17(25)16-14-15(2)24(22-16)19(3,4)5/h14H,7-13H2,1-6H3,(H,21,26). The van der Waals surface area contributed by atoms with E-state index in [0.29, 0.717) is 25.2 Å². The van der Waals surface area contributed by atoms with Crippen LogP contribution >= 0.6 is 0 Å². The molecule has 1 unspecified atom stereocenters. The summed E-state index contributed by atoms with van der Waals surface area (Å²) in [7, 11) is 0. The second kappa shape index (κ2) is 7.80. The number of aryl methyl sites for hydroxylation is 1. The lowest BCUT2D eigenvalue weighted by Crippen LogP contribution is -2.61. The molecule has 1 atom stereocenters. The third-order valence-electron chi connectivity index (χ3n) is 5.18. The number of piperidine rings is 1. The van der Waals surface area contributed by atoms with Gasteiger partial charge in [0.15, 0.2) is 5.69 Å². The molecule has 1 aromatic rings. The molecule has 0 spiro atoms. The van der Waals surface area contributed by atoms with Crippen LogP contribution in [-0.4, -0.2) is 45.1 Å². The molecule has 1 aliphatic rings. The van der Waals surface area contributed by atoms with Gasteiger partial charge >= 0.3 is 0 Å². The zero-order valence-electron chi connectivity index (χ0n) is 17.2. The molecule has 0 aliphatic carbocycles. The second-order valence-electron chi connectivity index (χ2n) is 8.55. The van der Waals surface area contributed by atoms with Crippen LogP contribution in [0.15, 0.2) is 6.07 Å². The summed E-state index contributed by atoms with van der Waals surface area (Å²) in [6.07, 6.45) is 4.54. The summed E-state index contributed by atoms with van der Waals surface area (Å²) in [6.45, 7) is 13.4.